The molecule has 0 aliphatic carbocycles. The Hall–Kier alpha value is -2.40. The number of benzene rings is 1. The second kappa shape index (κ2) is 7.13. The van der Waals surface area contributed by atoms with Crippen LogP contribution >= 0.6 is 0 Å². The van der Waals surface area contributed by atoms with Crippen LogP contribution in [0, 0.1) is 34.3 Å². The molecule has 1 aromatic carbocycles. The Labute approximate surface area is 110 Å². The van der Waals surface area contributed by atoms with E-state index in [2.05, 4.69) is 0 Å². The van der Waals surface area contributed by atoms with Gasteiger partial charge in [-0.2, -0.15) is 10.5 Å². The number of allylic oxidation sites excluding steroid dienone is 1. The molecule has 0 fully saturated rings. The van der Waals surface area contributed by atoms with Crippen LogP contribution in [-0.4, -0.2) is 6.61 Å². The Kier molecular flexibility index (Phi) is 5.50. The molecule has 0 bridgehead atoms. The lowest BCUT2D eigenvalue weighted by atomic mass is 10.1. The molecule has 3 nitrogen and oxygen atoms in total. The SMILES string of the molecule is CCCCOc1ccc(F)c(C=C(C#N)C#N)c1F. The van der Waals surface area contributed by atoms with Crippen molar-refractivity contribution < 1.29 is 13.5 Å². The molecule has 0 amide bonds. The third kappa shape index (κ3) is 3.79. The van der Waals surface area contributed by atoms with Gasteiger partial charge in [0.05, 0.1) is 12.2 Å². The molecule has 0 aliphatic rings. The first-order valence-electron chi connectivity index (χ1n) is 5.76. The lowest BCUT2D eigenvalue weighted by Gasteiger charge is -2.08. The number of hydrogen-bond donors (Lipinski definition) is 0. The van der Waals surface area contributed by atoms with Crippen LogP contribution in [0.2, 0.25) is 0 Å². The third-order valence-electron chi connectivity index (χ3n) is 2.38. The summed E-state index contributed by atoms with van der Waals surface area (Å²) in [6.45, 7) is 2.29. The van der Waals surface area contributed by atoms with Gasteiger partial charge in [-0.3, -0.25) is 0 Å². The number of ether oxygens (including phenoxy) is 1. The van der Waals surface area contributed by atoms with Crippen LogP contribution in [0.5, 0.6) is 5.75 Å². The molecule has 0 N–H and O–H groups in total. The van der Waals surface area contributed by atoms with Gasteiger partial charge in [-0.15, -0.1) is 0 Å². The molecule has 0 unspecified atom stereocenters. The fourth-order valence-corrected chi connectivity index (χ4v) is 1.35. The number of nitriles is 2. The van der Waals surface area contributed by atoms with Gasteiger partial charge < -0.3 is 4.74 Å². The maximum Gasteiger partial charge on any atom is 0.175 e. The monoisotopic (exact) mass is 262 g/mol. The Morgan fingerprint density at radius 1 is 1.32 bits per heavy atom. The topological polar surface area (TPSA) is 56.8 Å². The summed E-state index contributed by atoms with van der Waals surface area (Å²) in [7, 11) is 0. The first-order valence-corrected chi connectivity index (χ1v) is 5.76. The summed E-state index contributed by atoms with van der Waals surface area (Å²) in [5.41, 5.74) is -0.810. The zero-order valence-electron chi connectivity index (χ0n) is 10.4. The third-order valence-corrected chi connectivity index (χ3v) is 2.38. The highest BCUT2D eigenvalue weighted by molar-refractivity contribution is 5.64. The minimum atomic E-state index is -0.904. The molecule has 0 saturated heterocycles. The number of rotatable bonds is 5. The van der Waals surface area contributed by atoms with Crippen LogP contribution < -0.4 is 4.74 Å². The Morgan fingerprint density at radius 2 is 2.00 bits per heavy atom. The summed E-state index contributed by atoms with van der Waals surface area (Å²) in [5, 5.41) is 17.2. The van der Waals surface area contributed by atoms with Crippen LogP contribution in [0.25, 0.3) is 6.08 Å². The van der Waals surface area contributed by atoms with E-state index in [9.17, 15) is 8.78 Å². The molecule has 0 spiro atoms. The van der Waals surface area contributed by atoms with E-state index in [1.165, 1.54) is 6.07 Å². The molecule has 1 rings (SSSR count). The standard InChI is InChI=1S/C14H12F2N2O/c1-2-3-6-19-13-5-4-12(15)11(14(13)16)7-10(8-17)9-18/h4-5,7H,2-3,6H2,1H3. The molecule has 0 heterocycles. The highest BCUT2D eigenvalue weighted by Crippen LogP contribution is 2.25. The van der Waals surface area contributed by atoms with E-state index in [1.54, 1.807) is 12.1 Å². The Morgan fingerprint density at radius 3 is 2.58 bits per heavy atom. The maximum atomic E-state index is 14.0. The van der Waals surface area contributed by atoms with Gasteiger partial charge in [0.25, 0.3) is 0 Å². The molecule has 0 radical (unpaired) electrons. The van der Waals surface area contributed by atoms with Crippen molar-refractivity contribution in [3.05, 3.63) is 34.9 Å². The number of unbranched alkanes of at least 4 members (excludes halogenated alkanes) is 1. The van der Waals surface area contributed by atoms with Crippen molar-refractivity contribution in [3.8, 4) is 17.9 Å². The normalized spacial score (nSPS) is 9.32. The second-order valence-electron chi connectivity index (χ2n) is 3.76. The lowest BCUT2D eigenvalue weighted by Crippen LogP contribution is -2.01. The van der Waals surface area contributed by atoms with Crippen molar-refractivity contribution in [1.82, 2.24) is 0 Å². The molecule has 98 valence electrons. The number of hydrogen-bond acceptors (Lipinski definition) is 3. The molecule has 0 saturated carbocycles. The Balaban J connectivity index is 3.12. The minimum Gasteiger partial charge on any atom is -0.490 e. The van der Waals surface area contributed by atoms with E-state index in [4.69, 9.17) is 15.3 Å². The van der Waals surface area contributed by atoms with Gasteiger partial charge in [0.1, 0.15) is 23.5 Å². The second-order valence-corrected chi connectivity index (χ2v) is 3.76. The van der Waals surface area contributed by atoms with Gasteiger partial charge in [-0.1, -0.05) is 13.3 Å². The van der Waals surface area contributed by atoms with Gasteiger partial charge in [0, 0.05) is 0 Å². The van der Waals surface area contributed by atoms with Crippen molar-refractivity contribution in [1.29, 1.82) is 10.5 Å². The molecule has 19 heavy (non-hydrogen) atoms. The summed E-state index contributed by atoms with van der Waals surface area (Å²) >= 11 is 0. The van der Waals surface area contributed by atoms with Crippen molar-refractivity contribution in [2.24, 2.45) is 0 Å². The molecule has 0 aromatic heterocycles. The fraction of sp³-hybridized carbons (Fsp3) is 0.286. The first-order chi connectivity index (χ1) is 9.13. The molecule has 5 heteroatoms. The zero-order valence-corrected chi connectivity index (χ0v) is 10.4. The average Bonchev–Trinajstić information content (AvgIpc) is 2.42. The molecule has 1 aromatic rings. The van der Waals surface area contributed by atoms with Crippen LogP contribution in [0.3, 0.4) is 0 Å². The molecule has 0 aliphatic heterocycles. The van der Waals surface area contributed by atoms with Gasteiger partial charge in [-0.25, -0.2) is 8.78 Å². The van der Waals surface area contributed by atoms with E-state index in [0.29, 0.717) is 6.61 Å². The number of halogens is 2. The average molecular weight is 262 g/mol. The summed E-state index contributed by atoms with van der Waals surface area (Å²) < 4.78 is 32.6. The van der Waals surface area contributed by atoms with E-state index in [0.717, 1.165) is 25.0 Å². The van der Waals surface area contributed by atoms with Crippen LogP contribution in [0.15, 0.2) is 17.7 Å². The highest BCUT2D eigenvalue weighted by Gasteiger charge is 2.13. The van der Waals surface area contributed by atoms with Gasteiger partial charge in [0.2, 0.25) is 0 Å². The van der Waals surface area contributed by atoms with Crippen molar-refractivity contribution in [2.45, 2.75) is 19.8 Å². The van der Waals surface area contributed by atoms with E-state index in [-0.39, 0.29) is 11.3 Å². The van der Waals surface area contributed by atoms with E-state index < -0.39 is 17.2 Å². The van der Waals surface area contributed by atoms with Crippen LogP contribution in [0.1, 0.15) is 25.3 Å². The van der Waals surface area contributed by atoms with Gasteiger partial charge >= 0.3 is 0 Å². The van der Waals surface area contributed by atoms with Gasteiger partial charge in [-0.05, 0) is 24.6 Å². The molecular weight excluding hydrogens is 250 g/mol. The smallest absolute Gasteiger partial charge is 0.175 e. The predicted molar refractivity (Wildman–Crippen MR) is 66.0 cm³/mol. The number of nitrogens with zero attached hydrogens (tertiary/aromatic N) is 2. The predicted octanol–water partition coefficient (Wildman–Crippen LogP) is 3.57. The quantitative estimate of drug-likeness (QED) is 0.602. The molecule has 0 atom stereocenters. The van der Waals surface area contributed by atoms with Crippen molar-refractivity contribution in [2.75, 3.05) is 6.61 Å². The largest absolute Gasteiger partial charge is 0.490 e. The fourth-order valence-electron chi connectivity index (χ4n) is 1.35. The van der Waals surface area contributed by atoms with Gasteiger partial charge in [0.15, 0.2) is 11.6 Å². The summed E-state index contributed by atoms with van der Waals surface area (Å²) in [4.78, 5) is 0. The van der Waals surface area contributed by atoms with E-state index >= 15 is 0 Å². The summed E-state index contributed by atoms with van der Waals surface area (Å²) in [6, 6.07) is 5.34. The Bertz CT molecular complexity index is 552. The minimum absolute atomic E-state index is 0.0867. The highest BCUT2D eigenvalue weighted by atomic mass is 19.1. The van der Waals surface area contributed by atoms with Crippen LogP contribution in [0.4, 0.5) is 8.78 Å². The van der Waals surface area contributed by atoms with E-state index in [1.807, 2.05) is 6.92 Å². The summed E-state index contributed by atoms with van der Waals surface area (Å²) in [5.74, 6) is -1.83. The van der Waals surface area contributed by atoms with Crippen molar-refractivity contribution >= 4 is 6.08 Å². The zero-order chi connectivity index (χ0) is 14.3. The van der Waals surface area contributed by atoms with Crippen molar-refractivity contribution in [3.63, 3.8) is 0 Å². The molecular formula is C14H12F2N2O. The maximum absolute atomic E-state index is 14.0. The summed E-state index contributed by atoms with van der Waals surface area (Å²) in [6.07, 6.45) is 2.52. The first kappa shape index (κ1) is 14.7. The van der Waals surface area contributed by atoms with Crippen LogP contribution in [-0.2, 0) is 0 Å². The lowest BCUT2D eigenvalue weighted by molar-refractivity contribution is 0.293.